The Kier molecular flexibility index (Phi) is 7.11. The molecule has 11 heteroatoms. The highest BCUT2D eigenvalue weighted by Crippen LogP contribution is 2.44. The van der Waals surface area contributed by atoms with Crippen LogP contribution in [0.15, 0.2) is 48.5 Å². The van der Waals surface area contributed by atoms with Crippen molar-refractivity contribution in [2.75, 3.05) is 19.0 Å². The second kappa shape index (κ2) is 9.57. The zero-order valence-electron chi connectivity index (χ0n) is 19.2. The third-order valence-electron chi connectivity index (χ3n) is 5.64. The highest BCUT2D eigenvalue weighted by atomic mass is 19.4. The summed E-state index contributed by atoms with van der Waals surface area (Å²) in [5, 5.41) is 13.9. The van der Waals surface area contributed by atoms with E-state index >= 15 is 0 Å². The second-order valence-corrected chi connectivity index (χ2v) is 8.73. The topological polar surface area (TPSA) is 107 Å². The van der Waals surface area contributed by atoms with Gasteiger partial charge in [-0.25, -0.2) is 14.2 Å². The molecule has 0 aliphatic heterocycles. The molecule has 7 nitrogen and oxygen atoms in total. The summed E-state index contributed by atoms with van der Waals surface area (Å²) >= 11 is 0. The molecule has 0 bridgehead atoms. The van der Waals surface area contributed by atoms with Gasteiger partial charge in [-0.05, 0) is 48.2 Å². The van der Waals surface area contributed by atoms with E-state index < -0.39 is 42.1 Å². The number of halogens is 4. The Balaban J connectivity index is 1.92. The van der Waals surface area contributed by atoms with Crippen LogP contribution in [-0.2, 0) is 5.41 Å². The van der Waals surface area contributed by atoms with E-state index in [4.69, 9.17) is 15.2 Å². The number of nitrogens with zero attached hydrogens (tertiary/aromatic N) is 1. The Morgan fingerprint density at radius 2 is 1.86 bits per heavy atom. The van der Waals surface area contributed by atoms with E-state index in [1.54, 1.807) is 12.1 Å². The summed E-state index contributed by atoms with van der Waals surface area (Å²) in [5.74, 6) is -0.492. The lowest BCUT2D eigenvalue weighted by molar-refractivity contribution is -0.260. The summed E-state index contributed by atoms with van der Waals surface area (Å²) in [6, 6.07) is 11.1. The number of nitrogens with two attached hydrogens (primary N) is 1. The van der Waals surface area contributed by atoms with Gasteiger partial charge in [0.05, 0.1) is 19.2 Å². The molecular weight excluding hydrogens is 470 g/mol. The van der Waals surface area contributed by atoms with Crippen molar-refractivity contribution in [3.8, 4) is 11.6 Å². The van der Waals surface area contributed by atoms with Crippen LogP contribution >= 0.6 is 0 Å². The number of carbonyl (C=O) groups excluding carboxylic acids is 1. The molecule has 3 aromatic rings. The third-order valence-corrected chi connectivity index (χ3v) is 5.64. The van der Waals surface area contributed by atoms with E-state index in [1.807, 2.05) is 0 Å². The lowest BCUT2D eigenvalue weighted by Gasteiger charge is -2.38. The lowest BCUT2D eigenvalue weighted by atomic mass is 9.74. The highest BCUT2D eigenvalue weighted by Gasteiger charge is 2.56. The monoisotopic (exact) mass is 495 g/mol. The van der Waals surface area contributed by atoms with Gasteiger partial charge in [-0.1, -0.05) is 19.9 Å². The van der Waals surface area contributed by atoms with Gasteiger partial charge in [0.25, 0.3) is 0 Å². The maximum Gasteiger partial charge on any atom is 0.418 e. The molecule has 4 N–H and O–H groups in total. The minimum absolute atomic E-state index is 0.0697. The largest absolute Gasteiger partial charge is 0.496 e. The number of primary amides is 1. The molecule has 3 rings (SSSR count). The number of hydrogen-bond donors (Lipinski definition) is 3. The number of amides is 1. The molecule has 0 saturated carbocycles. The van der Waals surface area contributed by atoms with Gasteiger partial charge in [0.2, 0.25) is 5.88 Å². The van der Waals surface area contributed by atoms with Gasteiger partial charge < -0.3 is 25.6 Å². The van der Waals surface area contributed by atoms with Gasteiger partial charge in [0.1, 0.15) is 11.6 Å². The third kappa shape index (κ3) is 5.73. The van der Waals surface area contributed by atoms with Crippen molar-refractivity contribution >= 4 is 22.7 Å². The van der Waals surface area contributed by atoms with Crippen LogP contribution in [0.5, 0.6) is 11.6 Å². The smallest absolute Gasteiger partial charge is 0.418 e. The Bertz CT molecular complexity index is 1230. The van der Waals surface area contributed by atoms with E-state index in [9.17, 15) is 27.5 Å². The molecule has 0 saturated heterocycles. The summed E-state index contributed by atoms with van der Waals surface area (Å²) in [6.07, 6.45) is -6.85. The number of ether oxygens (including phenoxy) is 2. The van der Waals surface area contributed by atoms with Gasteiger partial charge in [0, 0.05) is 22.7 Å². The van der Waals surface area contributed by atoms with Crippen molar-refractivity contribution in [2.45, 2.75) is 37.5 Å². The number of aromatic nitrogens is 1. The first kappa shape index (κ1) is 26.0. The number of aliphatic hydroxyl groups is 1. The van der Waals surface area contributed by atoms with Gasteiger partial charge in [-0.15, -0.1) is 0 Å². The molecule has 2 aromatic carbocycles. The minimum Gasteiger partial charge on any atom is -0.496 e. The molecule has 0 fully saturated rings. The fraction of sp³-hybridized carbons (Fsp3) is 0.333. The second-order valence-electron chi connectivity index (χ2n) is 8.73. The molecule has 188 valence electrons. The SMILES string of the molecule is COc1ccc(F)cc1C(C)(C)CC(O)(CNc1cccc2nc(OC(N)=O)ccc12)C(F)(F)F. The lowest BCUT2D eigenvalue weighted by Crippen LogP contribution is -2.53. The number of carbonyl (C=O) groups is 1. The summed E-state index contributed by atoms with van der Waals surface area (Å²) in [4.78, 5) is 15.0. The van der Waals surface area contributed by atoms with E-state index in [-0.39, 0.29) is 22.9 Å². The predicted octanol–water partition coefficient (Wildman–Crippen LogP) is 4.91. The van der Waals surface area contributed by atoms with Crippen molar-refractivity contribution in [3.63, 3.8) is 0 Å². The van der Waals surface area contributed by atoms with Crippen LogP contribution in [0, 0.1) is 5.82 Å². The van der Waals surface area contributed by atoms with Gasteiger partial charge in [-0.3, -0.25) is 0 Å². The van der Waals surface area contributed by atoms with Crippen molar-refractivity contribution in [3.05, 3.63) is 59.9 Å². The normalized spacial score (nSPS) is 13.8. The zero-order valence-corrected chi connectivity index (χ0v) is 19.2. The first-order valence-corrected chi connectivity index (χ1v) is 10.5. The Labute approximate surface area is 198 Å². The molecule has 1 atom stereocenters. The van der Waals surface area contributed by atoms with Crippen molar-refractivity contribution in [1.29, 1.82) is 0 Å². The molecule has 35 heavy (non-hydrogen) atoms. The van der Waals surface area contributed by atoms with Crippen molar-refractivity contribution < 1.29 is 36.9 Å². The zero-order chi connectivity index (χ0) is 26.0. The number of methoxy groups -OCH3 is 1. The van der Waals surface area contributed by atoms with Crippen molar-refractivity contribution in [1.82, 2.24) is 4.98 Å². The first-order chi connectivity index (χ1) is 16.3. The summed E-state index contributed by atoms with van der Waals surface area (Å²) in [7, 11) is 1.33. The Morgan fingerprint density at radius 3 is 2.49 bits per heavy atom. The van der Waals surface area contributed by atoms with E-state index in [0.717, 1.165) is 12.1 Å². The maximum absolute atomic E-state index is 14.1. The number of rotatable bonds is 8. The molecule has 0 aliphatic carbocycles. The van der Waals surface area contributed by atoms with Crippen molar-refractivity contribution in [2.24, 2.45) is 5.73 Å². The standard InChI is InChI=1S/C24H25F4N3O4/c1-22(2,16-11-14(25)7-9-19(16)34-3)12-23(33,24(26,27)28)13-30-17-5-4-6-18-15(17)8-10-20(31-18)35-21(29)32/h4-11,30,33H,12-13H2,1-3H3,(H2,29,32). The van der Waals surface area contributed by atoms with E-state index in [2.05, 4.69) is 10.3 Å². The van der Waals surface area contributed by atoms with Crippen LogP contribution in [0.3, 0.4) is 0 Å². The van der Waals surface area contributed by atoms with Crippen LogP contribution in [0.25, 0.3) is 10.9 Å². The average molecular weight is 495 g/mol. The Hall–Kier alpha value is -3.60. The summed E-state index contributed by atoms with van der Waals surface area (Å²) in [6.45, 7) is 2.06. The van der Waals surface area contributed by atoms with Crippen LogP contribution in [0.4, 0.5) is 28.0 Å². The molecule has 0 radical (unpaired) electrons. The van der Waals surface area contributed by atoms with Gasteiger partial charge >= 0.3 is 12.3 Å². The number of alkyl halides is 3. The van der Waals surface area contributed by atoms with Crippen LogP contribution in [0.1, 0.15) is 25.8 Å². The molecule has 0 aliphatic rings. The fourth-order valence-electron chi connectivity index (χ4n) is 3.99. The van der Waals surface area contributed by atoms with Crippen LogP contribution < -0.4 is 20.5 Å². The fourth-order valence-corrected chi connectivity index (χ4v) is 3.99. The highest BCUT2D eigenvalue weighted by molar-refractivity contribution is 5.91. The van der Waals surface area contributed by atoms with E-state index in [0.29, 0.717) is 10.9 Å². The number of anilines is 1. The summed E-state index contributed by atoms with van der Waals surface area (Å²) in [5.41, 5.74) is 1.27. The predicted molar refractivity (Wildman–Crippen MR) is 122 cm³/mol. The molecule has 1 amide bonds. The van der Waals surface area contributed by atoms with E-state index in [1.165, 1.54) is 45.2 Å². The minimum atomic E-state index is -5.01. The molecule has 1 aromatic heterocycles. The van der Waals surface area contributed by atoms with Gasteiger partial charge in [-0.2, -0.15) is 13.2 Å². The van der Waals surface area contributed by atoms with Crippen LogP contribution in [-0.4, -0.2) is 41.6 Å². The number of benzene rings is 2. The first-order valence-electron chi connectivity index (χ1n) is 10.5. The summed E-state index contributed by atoms with van der Waals surface area (Å²) < 4.78 is 66.2. The van der Waals surface area contributed by atoms with Gasteiger partial charge in [0.15, 0.2) is 5.60 Å². The average Bonchev–Trinajstić information content (AvgIpc) is 2.76. The number of pyridine rings is 1. The quantitative estimate of drug-likeness (QED) is 0.384. The van der Waals surface area contributed by atoms with Crippen LogP contribution in [0.2, 0.25) is 0 Å². The molecule has 1 heterocycles. The molecule has 1 unspecified atom stereocenters. The number of fused-ring (bicyclic) bond motifs is 1. The molecule has 0 spiro atoms. The number of nitrogens with one attached hydrogen (secondary N) is 1. The number of hydrogen-bond acceptors (Lipinski definition) is 6. The maximum atomic E-state index is 14.1. The molecular formula is C24H25F4N3O4. The Morgan fingerprint density at radius 1 is 1.14 bits per heavy atom.